The van der Waals surface area contributed by atoms with Gasteiger partial charge in [-0.25, -0.2) is 9.90 Å². The molecule has 1 aliphatic rings. The molecule has 1 aliphatic heterocycles. The fourth-order valence-electron chi connectivity index (χ4n) is 1.52. The Morgan fingerprint density at radius 1 is 1.50 bits per heavy atom. The molecule has 1 fully saturated rings. The molecular formula is C7H12N4O. The van der Waals surface area contributed by atoms with E-state index in [-0.39, 0.29) is 5.56 Å². The first-order chi connectivity index (χ1) is 5.86. The fraction of sp³-hybridized carbons (Fsp3) is 0.714. The monoisotopic (exact) mass is 168 g/mol. The first kappa shape index (κ1) is 7.54. The van der Waals surface area contributed by atoms with Crippen molar-refractivity contribution in [2.45, 2.75) is 18.9 Å². The van der Waals surface area contributed by atoms with Crippen LogP contribution in [0.25, 0.3) is 0 Å². The van der Waals surface area contributed by atoms with Crippen molar-refractivity contribution in [1.29, 1.82) is 0 Å². The molecule has 0 bridgehead atoms. The normalized spacial score (nSPS) is 19.7. The summed E-state index contributed by atoms with van der Waals surface area (Å²) in [5.74, 6) is 0. The molecule has 0 atom stereocenters. The smallest absolute Gasteiger partial charge is 0.284 e. The van der Waals surface area contributed by atoms with E-state index >= 15 is 0 Å². The van der Waals surface area contributed by atoms with Crippen molar-refractivity contribution in [2.24, 2.45) is 0 Å². The number of rotatable bonds is 1. The van der Waals surface area contributed by atoms with Crippen LogP contribution >= 0.6 is 0 Å². The molecule has 0 radical (unpaired) electrons. The summed E-state index contributed by atoms with van der Waals surface area (Å²) in [5.41, 5.74) is -0.117. The highest BCUT2D eigenvalue weighted by atomic mass is 16.1. The van der Waals surface area contributed by atoms with E-state index in [1.165, 1.54) is 6.20 Å². The van der Waals surface area contributed by atoms with Crippen LogP contribution < -0.4 is 10.9 Å². The Bertz CT molecular complexity index is 296. The van der Waals surface area contributed by atoms with Gasteiger partial charge in [0.1, 0.15) is 6.20 Å². The second kappa shape index (κ2) is 3.10. The summed E-state index contributed by atoms with van der Waals surface area (Å²) in [5, 5.41) is 9.89. The number of nitrogens with one attached hydrogen (secondary N) is 2. The lowest BCUT2D eigenvalue weighted by Crippen LogP contribution is -2.30. The van der Waals surface area contributed by atoms with Crippen molar-refractivity contribution in [3.8, 4) is 0 Å². The molecule has 0 aromatic carbocycles. The lowest BCUT2D eigenvalue weighted by atomic mass is 10.1. The molecule has 66 valence electrons. The Balaban J connectivity index is 2.13. The maximum absolute atomic E-state index is 10.8. The van der Waals surface area contributed by atoms with Crippen molar-refractivity contribution >= 4 is 0 Å². The summed E-state index contributed by atoms with van der Waals surface area (Å²) in [7, 11) is 0. The Morgan fingerprint density at radius 2 is 2.25 bits per heavy atom. The third-order valence-electron chi connectivity index (χ3n) is 2.18. The van der Waals surface area contributed by atoms with Gasteiger partial charge in [0.25, 0.3) is 5.56 Å². The van der Waals surface area contributed by atoms with Gasteiger partial charge in [-0.1, -0.05) is 0 Å². The van der Waals surface area contributed by atoms with Crippen LogP contribution in [0.3, 0.4) is 0 Å². The molecule has 0 saturated carbocycles. The van der Waals surface area contributed by atoms with E-state index in [0.717, 1.165) is 25.9 Å². The summed E-state index contributed by atoms with van der Waals surface area (Å²) >= 11 is 0. The van der Waals surface area contributed by atoms with Crippen LogP contribution in [0, 0.1) is 0 Å². The van der Waals surface area contributed by atoms with E-state index in [0.29, 0.717) is 6.04 Å². The minimum absolute atomic E-state index is 0.117. The first-order valence-corrected chi connectivity index (χ1v) is 4.21. The third-order valence-corrected chi connectivity index (χ3v) is 2.18. The summed E-state index contributed by atoms with van der Waals surface area (Å²) in [6, 6.07) is 0.369. The Labute approximate surface area is 69.8 Å². The highest BCUT2D eigenvalue weighted by Gasteiger charge is 2.15. The summed E-state index contributed by atoms with van der Waals surface area (Å²) in [6.45, 7) is 2.01. The fourth-order valence-corrected chi connectivity index (χ4v) is 1.52. The number of nitrogens with zero attached hydrogens (tertiary/aromatic N) is 2. The highest BCUT2D eigenvalue weighted by Crippen LogP contribution is 2.14. The molecule has 2 heterocycles. The van der Waals surface area contributed by atoms with Gasteiger partial charge < -0.3 is 5.32 Å². The quantitative estimate of drug-likeness (QED) is 0.594. The Morgan fingerprint density at radius 3 is 2.83 bits per heavy atom. The molecule has 2 rings (SSSR count). The van der Waals surface area contributed by atoms with Crippen LogP contribution in [0.15, 0.2) is 11.0 Å². The molecule has 1 saturated heterocycles. The maximum atomic E-state index is 10.8. The molecule has 0 amide bonds. The van der Waals surface area contributed by atoms with Gasteiger partial charge in [-0.2, -0.15) is 5.10 Å². The SMILES string of the molecule is O=c1cnn(C2CCNCC2)[nH]1. The molecular weight excluding hydrogens is 156 g/mol. The van der Waals surface area contributed by atoms with Crippen LogP contribution in [0.4, 0.5) is 0 Å². The number of aromatic nitrogens is 3. The van der Waals surface area contributed by atoms with Gasteiger partial charge in [-0.3, -0.25) is 4.79 Å². The molecule has 2 N–H and O–H groups in total. The maximum Gasteiger partial charge on any atom is 0.284 e. The lowest BCUT2D eigenvalue weighted by Gasteiger charge is -2.21. The average molecular weight is 168 g/mol. The Kier molecular flexibility index (Phi) is 1.95. The van der Waals surface area contributed by atoms with Gasteiger partial charge in [0.15, 0.2) is 0 Å². The van der Waals surface area contributed by atoms with E-state index in [2.05, 4.69) is 15.5 Å². The number of H-pyrrole nitrogens is 1. The van der Waals surface area contributed by atoms with E-state index in [1.54, 1.807) is 4.80 Å². The minimum Gasteiger partial charge on any atom is -0.317 e. The molecule has 5 heteroatoms. The van der Waals surface area contributed by atoms with Crippen molar-refractivity contribution < 1.29 is 0 Å². The van der Waals surface area contributed by atoms with Crippen molar-refractivity contribution in [3.63, 3.8) is 0 Å². The number of aromatic amines is 1. The van der Waals surface area contributed by atoms with Crippen LogP contribution in [-0.2, 0) is 0 Å². The Hall–Kier alpha value is -1.10. The number of hydrogen-bond donors (Lipinski definition) is 2. The van der Waals surface area contributed by atoms with Gasteiger partial charge in [-0.05, 0) is 25.9 Å². The zero-order chi connectivity index (χ0) is 8.39. The molecule has 1 aromatic rings. The van der Waals surface area contributed by atoms with Crippen molar-refractivity contribution in [1.82, 2.24) is 20.3 Å². The summed E-state index contributed by atoms with van der Waals surface area (Å²) in [4.78, 5) is 12.4. The largest absolute Gasteiger partial charge is 0.317 e. The van der Waals surface area contributed by atoms with Gasteiger partial charge >= 0.3 is 0 Å². The highest BCUT2D eigenvalue weighted by molar-refractivity contribution is 4.73. The number of hydrogen-bond acceptors (Lipinski definition) is 3. The summed E-state index contributed by atoms with van der Waals surface area (Å²) < 4.78 is 0. The van der Waals surface area contributed by atoms with E-state index in [4.69, 9.17) is 0 Å². The lowest BCUT2D eigenvalue weighted by molar-refractivity contribution is 0.313. The predicted octanol–water partition coefficient (Wildman–Crippen LogP) is -0.504. The van der Waals surface area contributed by atoms with Gasteiger partial charge in [0.2, 0.25) is 0 Å². The standard InChI is InChI=1S/C7H12N4O/c12-7-5-9-11(10-7)6-1-3-8-4-2-6/h5-6,8H,1-4H2,(H,10,12). The average Bonchev–Trinajstić information content (AvgIpc) is 2.54. The molecule has 0 spiro atoms. The zero-order valence-electron chi connectivity index (χ0n) is 6.79. The van der Waals surface area contributed by atoms with E-state index in [1.807, 2.05) is 0 Å². The van der Waals surface area contributed by atoms with Crippen molar-refractivity contribution in [2.75, 3.05) is 13.1 Å². The van der Waals surface area contributed by atoms with Crippen LogP contribution in [0.2, 0.25) is 0 Å². The van der Waals surface area contributed by atoms with Crippen LogP contribution in [0.5, 0.6) is 0 Å². The molecule has 12 heavy (non-hydrogen) atoms. The van der Waals surface area contributed by atoms with Crippen LogP contribution in [0.1, 0.15) is 18.9 Å². The van der Waals surface area contributed by atoms with Gasteiger partial charge in [0.05, 0.1) is 6.04 Å². The minimum atomic E-state index is -0.117. The van der Waals surface area contributed by atoms with E-state index in [9.17, 15) is 4.79 Å². The topological polar surface area (TPSA) is 62.7 Å². The zero-order valence-corrected chi connectivity index (χ0v) is 6.79. The van der Waals surface area contributed by atoms with E-state index < -0.39 is 0 Å². The second-order valence-corrected chi connectivity index (χ2v) is 3.05. The second-order valence-electron chi connectivity index (χ2n) is 3.05. The summed E-state index contributed by atoms with van der Waals surface area (Å²) in [6.07, 6.45) is 3.40. The molecule has 0 aliphatic carbocycles. The van der Waals surface area contributed by atoms with Crippen LogP contribution in [-0.4, -0.2) is 28.1 Å². The molecule has 5 nitrogen and oxygen atoms in total. The third kappa shape index (κ3) is 1.40. The predicted molar refractivity (Wildman–Crippen MR) is 44.0 cm³/mol. The van der Waals surface area contributed by atoms with Gasteiger partial charge in [-0.15, -0.1) is 0 Å². The van der Waals surface area contributed by atoms with Crippen molar-refractivity contribution in [3.05, 3.63) is 16.6 Å². The molecule has 1 aromatic heterocycles. The molecule has 0 unspecified atom stereocenters. The van der Waals surface area contributed by atoms with Gasteiger partial charge in [0, 0.05) is 0 Å². The first-order valence-electron chi connectivity index (χ1n) is 4.21. The number of piperidine rings is 1.